The molecular formula is C35H60IN5O7S. The zero-order chi connectivity index (χ0) is 38.0. The monoisotopic (exact) mass is 821 g/mol. The molecular weight excluding hydrogens is 761 g/mol. The number of nitrogens with zero attached hydrogens (tertiary/aromatic N) is 1. The number of Topliss-reactive ketones (excluding diaryl/α,β-unsaturated/α-hetero) is 1. The smallest absolute Gasteiger partial charge is 0.315 e. The molecule has 14 heteroatoms. The van der Waals surface area contributed by atoms with Crippen molar-refractivity contribution in [2.24, 2.45) is 17.3 Å². The van der Waals surface area contributed by atoms with Crippen LogP contribution >= 0.6 is 22.6 Å². The third kappa shape index (κ3) is 13.3. The Bertz CT molecular complexity index is 1320. The minimum absolute atomic E-state index is 0.0386. The molecule has 49 heavy (non-hydrogen) atoms. The molecule has 1 aliphatic rings. The maximum absolute atomic E-state index is 14.5. The summed E-state index contributed by atoms with van der Waals surface area (Å²) in [5.41, 5.74) is -1.80. The van der Waals surface area contributed by atoms with Crippen LogP contribution in [0.4, 0.5) is 4.79 Å². The van der Waals surface area contributed by atoms with E-state index in [2.05, 4.69) is 27.2 Å². The van der Waals surface area contributed by atoms with E-state index in [0.29, 0.717) is 12.8 Å². The molecule has 1 saturated carbocycles. The Morgan fingerprint density at radius 3 is 2.00 bits per heavy atom. The maximum Gasteiger partial charge on any atom is 0.315 e. The molecule has 1 aliphatic carbocycles. The topological polar surface area (TPSA) is 171 Å². The quantitative estimate of drug-likeness (QED) is 0.0598. The van der Waals surface area contributed by atoms with Crippen LogP contribution in [0.5, 0.6) is 0 Å². The number of amides is 5. The summed E-state index contributed by atoms with van der Waals surface area (Å²) in [5, 5.41) is 10.9. The first kappa shape index (κ1) is 44.6. The number of alkyl halides is 1. The van der Waals surface area contributed by atoms with E-state index in [4.69, 9.17) is 6.42 Å². The van der Waals surface area contributed by atoms with Crippen LogP contribution in [0, 0.1) is 29.6 Å². The predicted molar refractivity (Wildman–Crippen MR) is 201 cm³/mol. The highest BCUT2D eigenvalue weighted by Gasteiger charge is 2.45. The molecule has 1 fully saturated rings. The van der Waals surface area contributed by atoms with Gasteiger partial charge in [0.15, 0.2) is 13.9 Å². The Kier molecular flexibility index (Phi) is 17.0. The molecule has 280 valence electrons. The van der Waals surface area contributed by atoms with E-state index in [1.165, 1.54) is 4.90 Å². The van der Waals surface area contributed by atoms with Gasteiger partial charge < -0.3 is 26.2 Å². The van der Waals surface area contributed by atoms with E-state index >= 15 is 0 Å². The van der Waals surface area contributed by atoms with Crippen molar-refractivity contribution in [3.8, 4) is 12.3 Å². The van der Waals surface area contributed by atoms with Gasteiger partial charge >= 0.3 is 6.03 Å². The molecule has 0 aromatic heterocycles. The third-order valence-corrected chi connectivity index (χ3v) is 13.2. The SMILES string of the molecule is C#CCCC(NC(=O)[C@H](I)N(C[C@@H](C)C(C)C)C(=O)[C@@H](NC(=O)NC1(CS(=O)(=O)C(C)(C)C)CCCCC1)C(C)(C)C)C(=O)C(=O)NCC. The van der Waals surface area contributed by atoms with E-state index in [9.17, 15) is 32.4 Å². The van der Waals surface area contributed by atoms with Crippen molar-refractivity contribution in [2.45, 2.75) is 141 Å². The van der Waals surface area contributed by atoms with Gasteiger partial charge in [-0.05, 0) is 86.8 Å². The highest BCUT2D eigenvalue weighted by atomic mass is 127. The van der Waals surface area contributed by atoms with Gasteiger partial charge in [0.2, 0.25) is 11.7 Å². The van der Waals surface area contributed by atoms with Crippen LogP contribution in [0.2, 0.25) is 0 Å². The van der Waals surface area contributed by atoms with Gasteiger partial charge in [0.1, 0.15) is 6.04 Å². The van der Waals surface area contributed by atoms with Gasteiger partial charge in [-0.15, -0.1) is 12.3 Å². The molecule has 0 heterocycles. The molecule has 0 radical (unpaired) electrons. The Hall–Kier alpha value is -2.41. The number of terminal acetylenes is 1. The van der Waals surface area contributed by atoms with Crippen molar-refractivity contribution in [3.05, 3.63) is 0 Å². The van der Waals surface area contributed by atoms with Crippen LogP contribution in [0.15, 0.2) is 0 Å². The number of rotatable bonds is 16. The number of carbonyl (C=O) groups is 5. The Morgan fingerprint density at radius 2 is 1.53 bits per heavy atom. The molecule has 0 aromatic carbocycles. The fourth-order valence-corrected chi connectivity index (χ4v) is 7.64. The molecule has 12 nitrogen and oxygen atoms in total. The Labute approximate surface area is 308 Å². The summed E-state index contributed by atoms with van der Waals surface area (Å²) < 4.78 is 24.5. The summed E-state index contributed by atoms with van der Waals surface area (Å²) >= 11 is 1.84. The molecule has 0 aromatic rings. The molecule has 4 atom stereocenters. The van der Waals surface area contributed by atoms with Crippen molar-refractivity contribution in [1.82, 2.24) is 26.2 Å². The lowest BCUT2D eigenvalue weighted by Crippen LogP contribution is -2.64. The number of hydrogen-bond donors (Lipinski definition) is 4. The van der Waals surface area contributed by atoms with Crippen LogP contribution in [0.25, 0.3) is 0 Å². The lowest BCUT2D eigenvalue weighted by atomic mass is 9.83. The zero-order valence-corrected chi connectivity index (χ0v) is 34.1. The van der Waals surface area contributed by atoms with Crippen molar-refractivity contribution >= 4 is 62.0 Å². The Balaban J connectivity index is 3.46. The summed E-state index contributed by atoms with van der Waals surface area (Å²) in [6.07, 6.45) is 9.03. The second kappa shape index (κ2) is 18.7. The van der Waals surface area contributed by atoms with Crippen molar-refractivity contribution in [1.29, 1.82) is 0 Å². The van der Waals surface area contributed by atoms with Crippen LogP contribution in [0.3, 0.4) is 0 Å². The van der Waals surface area contributed by atoms with Crippen LogP contribution in [-0.4, -0.2) is 88.1 Å². The number of urea groups is 1. The first-order valence-corrected chi connectivity index (χ1v) is 20.1. The van der Waals surface area contributed by atoms with Crippen LogP contribution in [0.1, 0.15) is 114 Å². The fourth-order valence-electron chi connectivity index (χ4n) is 5.44. The van der Waals surface area contributed by atoms with Crippen LogP contribution < -0.4 is 21.3 Å². The minimum Gasteiger partial charge on any atom is -0.350 e. The van der Waals surface area contributed by atoms with E-state index in [-0.39, 0.29) is 43.5 Å². The maximum atomic E-state index is 14.5. The van der Waals surface area contributed by atoms with E-state index < -0.39 is 71.2 Å². The molecule has 1 unspecified atom stereocenters. The molecule has 0 saturated heterocycles. The van der Waals surface area contributed by atoms with Crippen molar-refractivity contribution in [2.75, 3.05) is 18.8 Å². The number of halogens is 1. The van der Waals surface area contributed by atoms with Gasteiger partial charge in [0.05, 0.1) is 22.1 Å². The number of sulfone groups is 1. The number of nitrogens with one attached hydrogen (secondary N) is 4. The highest BCUT2D eigenvalue weighted by molar-refractivity contribution is 14.1. The van der Waals surface area contributed by atoms with Gasteiger partial charge in [-0.1, -0.05) is 60.8 Å². The number of likely N-dealkylation sites (N-methyl/N-ethyl adjacent to an activating group) is 1. The van der Waals surface area contributed by atoms with E-state index in [1.807, 2.05) is 43.4 Å². The van der Waals surface area contributed by atoms with Gasteiger partial charge in [0.25, 0.3) is 11.8 Å². The number of ketones is 1. The second-order valence-electron chi connectivity index (χ2n) is 15.7. The molecule has 5 amide bonds. The second-order valence-corrected chi connectivity index (χ2v) is 19.6. The van der Waals surface area contributed by atoms with Gasteiger partial charge in [0, 0.05) is 19.5 Å². The highest BCUT2D eigenvalue weighted by Crippen LogP contribution is 2.33. The zero-order valence-electron chi connectivity index (χ0n) is 31.1. The third-order valence-electron chi connectivity index (χ3n) is 9.14. The fraction of sp³-hybridized carbons (Fsp3) is 0.800. The van der Waals surface area contributed by atoms with Gasteiger partial charge in [-0.3, -0.25) is 19.2 Å². The number of carbonyl (C=O) groups excluding carboxylic acids is 5. The standard InChI is InChI=1S/C35H60IN5O7S/c1-12-14-18-25(26(42)29(43)37-13-2)38-30(44)28(36)41(21-24(5)23(3)4)31(45)27(33(6,7)8)39-32(46)40-35(19-16-15-17-20-35)22-49(47,48)34(9,10)11/h1,23-25,27-28H,13-22H2,2-11H3,(H,37,43)(H,38,44)(H2,39,40,46)/t24-,25?,27-,28-/m1/s1. The van der Waals surface area contributed by atoms with E-state index in [0.717, 1.165) is 19.3 Å². The van der Waals surface area contributed by atoms with Gasteiger partial charge in [-0.25, -0.2) is 13.2 Å². The van der Waals surface area contributed by atoms with Crippen molar-refractivity contribution < 1.29 is 32.4 Å². The summed E-state index contributed by atoms with van der Waals surface area (Å²) in [6, 6.07) is -2.95. The minimum atomic E-state index is -3.58. The summed E-state index contributed by atoms with van der Waals surface area (Å²) in [7, 11) is -3.58. The van der Waals surface area contributed by atoms with E-state index in [1.54, 1.807) is 48.5 Å². The lowest BCUT2D eigenvalue weighted by Gasteiger charge is -2.41. The molecule has 1 rings (SSSR count). The average molecular weight is 822 g/mol. The molecule has 4 N–H and O–H groups in total. The first-order chi connectivity index (χ1) is 22.4. The summed E-state index contributed by atoms with van der Waals surface area (Å²) in [5.74, 6) is -0.542. The van der Waals surface area contributed by atoms with Gasteiger partial charge in [-0.2, -0.15) is 0 Å². The summed E-state index contributed by atoms with van der Waals surface area (Å²) in [4.78, 5) is 68.6. The normalized spacial score (nSPS) is 17.4. The van der Waals surface area contributed by atoms with Crippen LogP contribution in [-0.2, 0) is 29.0 Å². The molecule has 0 spiro atoms. The largest absolute Gasteiger partial charge is 0.350 e. The molecule has 0 bridgehead atoms. The summed E-state index contributed by atoms with van der Waals surface area (Å²) in [6.45, 7) is 18.3. The number of hydrogen-bond acceptors (Lipinski definition) is 7. The Morgan fingerprint density at radius 1 is 0.959 bits per heavy atom. The average Bonchev–Trinajstić information content (AvgIpc) is 2.98. The molecule has 0 aliphatic heterocycles. The lowest BCUT2D eigenvalue weighted by molar-refractivity contribution is -0.143. The first-order valence-electron chi connectivity index (χ1n) is 17.2. The predicted octanol–water partition coefficient (Wildman–Crippen LogP) is 4.10. The van der Waals surface area contributed by atoms with Crippen molar-refractivity contribution in [3.63, 3.8) is 0 Å².